The predicted octanol–water partition coefficient (Wildman–Crippen LogP) is 6.50. The number of carbonyl (C=O) groups excluding carboxylic acids is 4. The van der Waals surface area contributed by atoms with Gasteiger partial charge < -0.3 is 9.84 Å². The number of nitrogens with one attached hydrogen (secondary N) is 1. The minimum atomic E-state index is -1.43. The van der Waals surface area contributed by atoms with Crippen LogP contribution in [-0.4, -0.2) is 40.9 Å². The molecule has 4 aromatic rings. The molecule has 0 aromatic heterocycles. The normalized spacial score (nSPS) is 27.1. The van der Waals surface area contributed by atoms with E-state index in [0.717, 1.165) is 19.7 Å². The van der Waals surface area contributed by atoms with Gasteiger partial charge in [0.25, 0.3) is 11.8 Å². The number of hydrogen-bond acceptors (Lipinski definition) is 7. The van der Waals surface area contributed by atoms with E-state index in [2.05, 4.69) is 28.0 Å². The number of anilines is 2. The summed E-state index contributed by atoms with van der Waals surface area (Å²) in [5.74, 6) is -4.53. The molecule has 2 N–H and O–H groups in total. The summed E-state index contributed by atoms with van der Waals surface area (Å²) in [5.41, 5.74) is 5.90. The molecule has 252 valence electrons. The van der Waals surface area contributed by atoms with Crippen molar-refractivity contribution < 1.29 is 29.0 Å². The number of aryl methyl sites for hydroxylation is 1. The van der Waals surface area contributed by atoms with Crippen LogP contribution in [0, 0.1) is 34.2 Å². The molecule has 9 nitrogen and oxygen atoms in total. The van der Waals surface area contributed by atoms with E-state index in [1.807, 2.05) is 79.7 Å². The van der Waals surface area contributed by atoms with Crippen LogP contribution in [0.1, 0.15) is 35.4 Å². The fourth-order valence-corrected chi connectivity index (χ4v) is 9.23. The minimum absolute atomic E-state index is 0.0119. The van der Waals surface area contributed by atoms with Gasteiger partial charge in [-0.15, -0.1) is 0 Å². The van der Waals surface area contributed by atoms with Gasteiger partial charge in [0, 0.05) is 21.1 Å². The van der Waals surface area contributed by atoms with Gasteiger partial charge in [-0.05, 0) is 96.3 Å². The van der Waals surface area contributed by atoms with Crippen molar-refractivity contribution >= 4 is 57.6 Å². The molecule has 2 saturated heterocycles. The van der Waals surface area contributed by atoms with Gasteiger partial charge in [0.2, 0.25) is 11.8 Å². The third kappa shape index (κ3) is 4.71. The molecular formula is C40H34IN3O6. The summed E-state index contributed by atoms with van der Waals surface area (Å²) in [5, 5.41) is 11.6. The zero-order valence-corrected chi connectivity index (χ0v) is 29.5. The Bertz CT molecular complexity index is 2080. The number of imide groups is 2. The van der Waals surface area contributed by atoms with Crippen LogP contribution in [-0.2, 0) is 24.6 Å². The number of aromatic hydroxyl groups is 1. The summed E-state index contributed by atoms with van der Waals surface area (Å²) < 4.78 is 6.83. The Balaban J connectivity index is 1.33. The van der Waals surface area contributed by atoms with Crippen molar-refractivity contribution in [2.45, 2.75) is 31.1 Å². The molecule has 4 aliphatic rings. The molecule has 3 fully saturated rings. The number of benzene rings is 4. The van der Waals surface area contributed by atoms with E-state index in [-0.39, 0.29) is 24.0 Å². The number of phenols is 1. The second-order valence-corrected chi connectivity index (χ2v) is 14.8. The molecule has 2 aliphatic heterocycles. The number of halogens is 1. The first-order valence-corrected chi connectivity index (χ1v) is 17.7. The molecule has 0 radical (unpaired) electrons. The summed E-state index contributed by atoms with van der Waals surface area (Å²) in [4.78, 5) is 59.8. The van der Waals surface area contributed by atoms with Crippen LogP contribution in [0.4, 0.5) is 11.4 Å². The lowest BCUT2D eigenvalue weighted by Gasteiger charge is -2.50. The summed E-state index contributed by atoms with van der Waals surface area (Å²) in [6, 6.07) is 28.9. The Morgan fingerprint density at radius 3 is 2.28 bits per heavy atom. The van der Waals surface area contributed by atoms with Gasteiger partial charge in [-0.1, -0.05) is 65.7 Å². The smallest absolute Gasteiger partial charge is 0.260 e. The molecule has 8 rings (SSSR count). The van der Waals surface area contributed by atoms with Crippen molar-refractivity contribution in [1.29, 1.82) is 0 Å². The van der Waals surface area contributed by atoms with Crippen molar-refractivity contribution in [3.8, 4) is 11.5 Å². The number of carbonyl (C=O) groups is 4. The Kier molecular flexibility index (Phi) is 7.81. The van der Waals surface area contributed by atoms with Gasteiger partial charge in [-0.2, -0.15) is 5.01 Å². The monoisotopic (exact) mass is 779 g/mol. The van der Waals surface area contributed by atoms with Crippen LogP contribution < -0.4 is 15.1 Å². The van der Waals surface area contributed by atoms with Crippen molar-refractivity contribution in [3.63, 3.8) is 0 Å². The third-order valence-corrected chi connectivity index (χ3v) is 11.7. The van der Waals surface area contributed by atoms with Crippen LogP contribution in [0.2, 0.25) is 0 Å². The van der Waals surface area contributed by atoms with E-state index in [0.29, 0.717) is 34.7 Å². The summed E-state index contributed by atoms with van der Waals surface area (Å²) in [6.07, 6.45) is 2.51. The first kappa shape index (κ1) is 32.2. The molecule has 0 bridgehead atoms. The topological polar surface area (TPSA) is 116 Å². The number of methoxy groups -OCH3 is 1. The van der Waals surface area contributed by atoms with E-state index in [1.54, 1.807) is 24.3 Å². The lowest BCUT2D eigenvalue weighted by atomic mass is 9.49. The van der Waals surface area contributed by atoms with Gasteiger partial charge in [0.1, 0.15) is 11.5 Å². The fourth-order valence-electron chi connectivity index (χ4n) is 8.87. The van der Waals surface area contributed by atoms with Gasteiger partial charge >= 0.3 is 0 Å². The highest BCUT2D eigenvalue weighted by atomic mass is 127. The Labute approximate surface area is 303 Å². The zero-order chi connectivity index (χ0) is 34.9. The number of ether oxygens (including phenoxy) is 1. The van der Waals surface area contributed by atoms with E-state index >= 15 is 4.79 Å². The van der Waals surface area contributed by atoms with E-state index in [4.69, 9.17) is 4.74 Å². The van der Waals surface area contributed by atoms with Gasteiger partial charge in [0.15, 0.2) is 0 Å². The number of nitrogens with zero attached hydrogens (tertiary/aromatic N) is 2. The fraction of sp³-hybridized carbons (Fsp3) is 0.250. The molecule has 4 amide bonds. The molecule has 4 aromatic carbocycles. The van der Waals surface area contributed by atoms with E-state index in [9.17, 15) is 19.5 Å². The largest absolute Gasteiger partial charge is 0.508 e. The van der Waals surface area contributed by atoms with Crippen molar-refractivity contribution in [3.05, 3.63) is 129 Å². The standard InChI is InChI=1S/C40H34IN3O6/c1-22-8-12-25(13-9-22)42-44-37(47)32-21-31-28(18-19-30-34(31)38(48)43(36(30)46)26-14-10-24(41)11-15-26)35(29-17-16-27(45)20-33(29)50-2)40(32,39(44)49)23-6-4-3-5-7-23/h3-18,20,30-32,34-35,42,45H,19,21H2,1-2H3. The van der Waals surface area contributed by atoms with Crippen molar-refractivity contribution in [1.82, 2.24) is 5.01 Å². The number of hydrogen-bond donors (Lipinski definition) is 2. The van der Waals surface area contributed by atoms with Crippen LogP contribution >= 0.6 is 22.6 Å². The molecule has 6 atom stereocenters. The maximum absolute atomic E-state index is 15.3. The van der Waals surface area contributed by atoms with Crippen LogP contribution in [0.25, 0.3) is 0 Å². The summed E-state index contributed by atoms with van der Waals surface area (Å²) in [7, 11) is 1.50. The summed E-state index contributed by atoms with van der Waals surface area (Å²) in [6.45, 7) is 1.96. The zero-order valence-electron chi connectivity index (χ0n) is 27.4. The molecular weight excluding hydrogens is 745 g/mol. The maximum Gasteiger partial charge on any atom is 0.260 e. The second-order valence-electron chi connectivity index (χ2n) is 13.5. The number of phenolic OH excluding ortho intramolecular Hbond substituents is 1. The number of allylic oxidation sites excluding steroid dienone is 2. The molecule has 0 spiro atoms. The number of hydrazine groups is 1. The van der Waals surface area contributed by atoms with Crippen LogP contribution in [0.15, 0.2) is 109 Å². The minimum Gasteiger partial charge on any atom is -0.508 e. The first-order valence-electron chi connectivity index (χ1n) is 16.6. The average molecular weight is 780 g/mol. The molecule has 10 heteroatoms. The molecule has 2 heterocycles. The lowest BCUT2D eigenvalue weighted by Crippen LogP contribution is -2.53. The maximum atomic E-state index is 15.3. The quantitative estimate of drug-likeness (QED) is 0.130. The van der Waals surface area contributed by atoms with Gasteiger partial charge in [0.05, 0.1) is 41.7 Å². The molecule has 1 saturated carbocycles. The molecule has 2 aliphatic carbocycles. The number of amides is 4. The molecule has 6 unspecified atom stereocenters. The van der Waals surface area contributed by atoms with E-state index in [1.165, 1.54) is 18.1 Å². The highest BCUT2D eigenvalue weighted by Crippen LogP contribution is 2.65. The summed E-state index contributed by atoms with van der Waals surface area (Å²) >= 11 is 2.19. The highest BCUT2D eigenvalue weighted by molar-refractivity contribution is 14.1. The Hall–Kier alpha value is -4.97. The average Bonchev–Trinajstić information content (AvgIpc) is 3.51. The highest BCUT2D eigenvalue weighted by Gasteiger charge is 2.70. The number of fused-ring (bicyclic) bond motifs is 4. The third-order valence-electron chi connectivity index (χ3n) is 11.0. The van der Waals surface area contributed by atoms with Crippen molar-refractivity contribution in [2.75, 3.05) is 17.4 Å². The van der Waals surface area contributed by atoms with Gasteiger partial charge in [-0.3, -0.25) is 29.5 Å². The number of rotatable bonds is 6. The molecule has 50 heavy (non-hydrogen) atoms. The van der Waals surface area contributed by atoms with Gasteiger partial charge in [-0.25, -0.2) is 0 Å². The Morgan fingerprint density at radius 1 is 0.860 bits per heavy atom. The predicted molar refractivity (Wildman–Crippen MR) is 195 cm³/mol. The SMILES string of the molecule is COc1cc(O)ccc1C1C2=CCC3C(=O)N(c4ccc(I)cc4)C(=O)C3C2CC2C(=O)N(Nc3ccc(C)cc3)C(=O)C21c1ccccc1. The second kappa shape index (κ2) is 12.1. The van der Waals surface area contributed by atoms with E-state index < -0.39 is 46.8 Å². The van der Waals surface area contributed by atoms with Crippen LogP contribution in [0.5, 0.6) is 11.5 Å². The van der Waals surface area contributed by atoms with Crippen LogP contribution in [0.3, 0.4) is 0 Å². The first-order chi connectivity index (χ1) is 24.1. The lowest BCUT2D eigenvalue weighted by molar-refractivity contribution is -0.138. The Morgan fingerprint density at radius 2 is 1.58 bits per heavy atom. The van der Waals surface area contributed by atoms with Crippen molar-refractivity contribution in [2.24, 2.45) is 23.7 Å².